The predicted molar refractivity (Wildman–Crippen MR) is 115 cm³/mol. The average Bonchev–Trinajstić information content (AvgIpc) is 3.23. The Hall–Kier alpha value is -2.90. The standard InChI is InChI=1S/C21H18ClN3O3S/c1-3-6-28-17-8-13(7-15(22)19(17)26)9-18-20(27)25-11-16(24-21(25)29-18)14-10-23-5-4-12(14)2/h4-5,7-11,26H,3,6H2,1-2H3/b18-9-. The Morgan fingerprint density at radius 3 is 2.93 bits per heavy atom. The minimum Gasteiger partial charge on any atom is -0.503 e. The lowest BCUT2D eigenvalue weighted by Gasteiger charge is -2.09. The topological polar surface area (TPSA) is 76.7 Å². The van der Waals surface area contributed by atoms with Crippen LogP contribution in [0.5, 0.6) is 11.5 Å². The second-order valence-corrected chi connectivity index (χ2v) is 8.00. The average molecular weight is 428 g/mol. The molecule has 29 heavy (non-hydrogen) atoms. The molecule has 1 aromatic carbocycles. The van der Waals surface area contributed by atoms with Crippen LogP contribution in [-0.4, -0.2) is 26.1 Å². The molecule has 0 amide bonds. The number of aromatic hydroxyl groups is 1. The molecule has 0 aliphatic heterocycles. The fourth-order valence-corrected chi connectivity index (χ4v) is 4.12. The smallest absolute Gasteiger partial charge is 0.274 e. The second-order valence-electron chi connectivity index (χ2n) is 6.58. The molecule has 0 atom stereocenters. The van der Waals surface area contributed by atoms with Crippen molar-refractivity contribution in [2.24, 2.45) is 0 Å². The Morgan fingerprint density at radius 1 is 1.38 bits per heavy atom. The van der Waals surface area contributed by atoms with Gasteiger partial charge in [-0.1, -0.05) is 29.9 Å². The lowest BCUT2D eigenvalue weighted by molar-refractivity contribution is 0.299. The minimum atomic E-state index is -0.162. The summed E-state index contributed by atoms with van der Waals surface area (Å²) in [6, 6.07) is 5.18. The van der Waals surface area contributed by atoms with Gasteiger partial charge in [0.1, 0.15) is 0 Å². The molecule has 0 aliphatic rings. The molecule has 0 bridgehead atoms. The highest BCUT2D eigenvalue weighted by atomic mass is 35.5. The highest BCUT2D eigenvalue weighted by molar-refractivity contribution is 7.15. The molecule has 0 spiro atoms. The van der Waals surface area contributed by atoms with Gasteiger partial charge in [0, 0.05) is 24.2 Å². The third kappa shape index (κ3) is 3.71. The van der Waals surface area contributed by atoms with Crippen LogP contribution >= 0.6 is 22.9 Å². The number of hydrogen-bond donors (Lipinski definition) is 1. The Morgan fingerprint density at radius 2 is 2.21 bits per heavy atom. The molecule has 8 heteroatoms. The van der Waals surface area contributed by atoms with Gasteiger partial charge in [0.25, 0.3) is 5.56 Å². The van der Waals surface area contributed by atoms with Crippen molar-refractivity contribution in [3.8, 4) is 22.8 Å². The molecule has 4 aromatic rings. The number of rotatable bonds is 5. The molecule has 0 saturated carbocycles. The monoisotopic (exact) mass is 427 g/mol. The van der Waals surface area contributed by atoms with Crippen molar-refractivity contribution >= 4 is 34.0 Å². The van der Waals surface area contributed by atoms with Gasteiger partial charge in [-0.15, -0.1) is 0 Å². The molecule has 3 aromatic heterocycles. The maximum Gasteiger partial charge on any atom is 0.274 e. The van der Waals surface area contributed by atoms with Gasteiger partial charge >= 0.3 is 0 Å². The minimum absolute atomic E-state index is 0.0999. The normalized spacial score (nSPS) is 12.0. The molecule has 0 unspecified atom stereocenters. The number of pyridine rings is 1. The van der Waals surface area contributed by atoms with E-state index in [4.69, 9.17) is 16.3 Å². The van der Waals surface area contributed by atoms with Crippen molar-refractivity contribution in [2.75, 3.05) is 6.61 Å². The number of nitrogens with zero attached hydrogens (tertiary/aromatic N) is 3. The zero-order chi connectivity index (χ0) is 20.5. The SMILES string of the molecule is CCCOc1cc(/C=c2\sc3nc(-c4cnccc4C)cn3c2=O)cc(Cl)c1O. The first-order chi connectivity index (χ1) is 14.0. The van der Waals surface area contributed by atoms with Gasteiger partial charge in [0.05, 0.1) is 21.9 Å². The number of phenols is 1. The summed E-state index contributed by atoms with van der Waals surface area (Å²) in [6.45, 7) is 4.42. The maximum absolute atomic E-state index is 12.8. The summed E-state index contributed by atoms with van der Waals surface area (Å²) in [6.07, 6.45) is 7.73. The van der Waals surface area contributed by atoms with Crippen LogP contribution in [0, 0.1) is 6.92 Å². The van der Waals surface area contributed by atoms with Crippen molar-refractivity contribution in [1.29, 1.82) is 0 Å². The van der Waals surface area contributed by atoms with E-state index in [0.29, 0.717) is 33.1 Å². The molecule has 0 aliphatic carbocycles. The molecule has 0 fully saturated rings. The summed E-state index contributed by atoms with van der Waals surface area (Å²) in [7, 11) is 0. The van der Waals surface area contributed by atoms with Gasteiger partial charge in [-0.25, -0.2) is 4.98 Å². The summed E-state index contributed by atoms with van der Waals surface area (Å²) in [4.78, 5) is 22.2. The number of phenolic OH excluding ortho intramolecular Hbond substituents is 1. The largest absolute Gasteiger partial charge is 0.503 e. The van der Waals surface area contributed by atoms with Crippen molar-refractivity contribution in [3.05, 3.63) is 67.8 Å². The van der Waals surface area contributed by atoms with Crippen LogP contribution < -0.4 is 14.8 Å². The Kier molecular flexibility index (Phi) is 5.25. The summed E-state index contributed by atoms with van der Waals surface area (Å²) in [5, 5.41) is 10.2. The van der Waals surface area contributed by atoms with E-state index in [-0.39, 0.29) is 16.3 Å². The third-order valence-corrected chi connectivity index (χ3v) is 5.70. The molecule has 4 rings (SSSR count). The van der Waals surface area contributed by atoms with Crippen molar-refractivity contribution in [3.63, 3.8) is 0 Å². The first-order valence-electron chi connectivity index (χ1n) is 9.08. The number of thiazole rings is 1. The first-order valence-corrected chi connectivity index (χ1v) is 10.3. The van der Waals surface area contributed by atoms with Gasteiger partial charge in [-0.05, 0) is 48.7 Å². The summed E-state index contributed by atoms with van der Waals surface area (Å²) >= 11 is 7.41. The van der Waals surface area contributed by atoms with Gasteiger partial charge in [0.2, 0.25) is 0 Å². The summed E-state index contributed by atoms with van der Waals surface area (Å²) in [5.74, 6) is 0.200. The number of aryl methyl sites for hydroxylation is 1. The molecule has 0 saturated heterocycles. The first kappa shape index (κ1) is 19.4. The molecule has 148 valence electrons. The molecular formula is C21H18ClN3O3S. The van der Waals surface area contributed by atoms with E-state index in [9.17, 15) is 9.90 Å². The van der Waals surface area contributed by atoms with Crippen LogP contribution in [0.3, 0.4) is 0 Å². The van der Waals surface area contributed by atoms with Gasteiger partial charge < -0.3 is 9.84 Å². The van der Waals surface area contributed by atoms with Gasteiger partial charge in [0.15, 0.2) is 16.5 Å². The van der Waals surface area contributed by atoms with E-state index in [0.717, 1.165) is 17.5 Å². The molecular weight excluding hydrogens is 410 g/mol. The van der Waals surface area contributed by atoms with Crippen LogP contribution in [0.1, 0.15) is 24.5 Å². The second kappa shape index (κ2) is 7.85. The van der Waals surface area contributed by atoms with Crippen molar-refractivity contribution in [1.82, 2.24) is 14.4 Å². The van der Waals surface area contributed by atoms with Crippen LogP contribution in [0.2, 0.25) is 5.02 Å². The summed E-state index contributed by atoms with van der Waals surface area (Å²) in [5.41, 5.74) is 3.17. The van der Waals surface area contributed by atoms with Crippen LogP contribution in [-0.2, 0) is 0 Å². The lowest BCUT2D eigenvalue weighted by Crippen LogP contribution is -2.22. The third-order valence-electron chi connectivity index (χ3n) is 4.43. The zero-order valence-corrected chi connectivity index (χ0v) is 17.4. The predicted octanol–water partition coefficient (Wildman–Crippen LogP) is 3.82. The van der Waals surface area contributed by atoms with Crippen molar-refractivity contribution < 1.29 is 9.84 Å². The number of imidazole rings is 1. The van der Waals surface area contributed by atoms with E-state index in [2.05, 4.69) is 9.97 Å². The number of aromatic nitrogens is 3. The molecule has 1 N–H and O–H groups in total. The fourth-order valence-electron chi connectivity index (χ4n) is 2.95. The van der Waals surface area contributed by atoms with E-state index in [1.165, 1.54) is 15.7 Å². The lowest BCUT2D eigenvalue weighted by atomic mass is 10.1. The van der Waals surface area contributed by atoms with Crippen LogP contribution in [0.4, 0.5) is 0 Å². The van der Waals surface area contributed by atoms with E-state index >= 15 is 0 Å². The van der Waals surface area contributed by atoms with Gasteiger partial charge in [-0.3, -0.25) is 14.2 Å². The van der Waals surface area contributed by atoms with Crippen molar-refractivity contribution in [2.45, 2.75) is 20.3 Å². The molecule has 0 radical (unpaired) electrons. The molecule has 3 heterocycles. The number of fused-ring (bicyclic) bond motifs is 1. The number of hydrogen-bond acceptors (Lipinski definition) is 6. The van der Waals surface area contributed by atoms with E-state index in [1.54, 1.807) is 36.8 Å². The quantitative estimate of drug-likeness (QED) is 0.524. The van der Waals surface area contributed by atoms with Crippen LogP contribution in [0.25, 0.3) is 22.3 Å². The maximum atomic E-state index is 12.8. The van der Waals surface area contributed by atoms with E-state index < -0.39 is 0 Å². The number of halogens is 1. The van der Waals surface area contributed by atoms with E-state index in [1.807, 2.05) is 19.9 Å². The zero-order valence-electron chi connectivity index (χ0n) is 15.8. The number of benzene rings is 1. The molecule has 6 nitrogen and oxygen atoms in total. The Balaban J connectivity index is 1.77. The number of ether oxygens (including phenoxy) is 1. The highest BCUT2D eigenvalue weighted by Gasteiger charge is 2.13. The van der Waals surface area contributed by atoms with Gasteiger partial charge in [-0.2, -0.15) is 0 Å². The summed E-state index contributed by atoms with van der Waals surface area (Å²) < 4.78 is 7.60. The Bertz CT molecular complexity index is 1310. The highest BCUT2D eigenvalue weighted by Crippen LogP contribution is 2.35. The fraction of sp³-hybridized carbons (Fsp3) is 0.190. The van der Waals surface area contributed by atoms with Crippen LogP contribution in [0.15, 0.2) is 41.6 Å². The Labute approximate surface area is 175 Å².